The van der Waals surface area contributed by atoms with Crippen LogP contribution in [0.15, 0.2) is 28.7 Å². The van der Waals surface area contributed by atoms with Crippen molar-refractivity contribution in [3.8, 4) is 10.4 Å². The second-order valence-electron chi connectivity index (χ2n) is 5.01. The van der Waals surface area contributed by atoms with Crippen LogP contribution in [0.2, 0.25) is 0 Å². The molecule has 1 nitrogen and oxygen atoms in total. The maximum atomic E-state index is 3.62. The standard InChI is InChI=1S/C15H16BrNS/c1-9-3-4-11(6-13(9)16)15-7-12-8-17-10(2)5-14(12)18-15/h3-4,6-7,10,17H,5,8H2,1-2H3. The number of thiophene rings is 1. The van der Waals surface area contributed by atoms with Crippen molar-refractivity contribution in [2.75, 3.05) is 0 Å². The summed E-state index contributed by atoms with van der Waals surface area (Å²) in [6.45, 7) is 5.39. The molecule has 1 N–H and O–H groups in total. The van der Waals surface area contributed by atoms with Crippen LogP contribution in [0.3, 0.4) is 0 Å². The Morgan fingerprint density at radius 1 is 1.33 bits per heavy atom. The van der Waals surface area contributed by atoms with E-state index in [9.17, 15) is 0 Å². The van der Waals surface area contributed by atoms with Gasteiger partial charge < -0.3 is 5.32 Å². The first-order valence-corrected chi connectivity index (χ1v) is 7.86. The smallest absolute Gasteiger partial charge is 0.0349 e. The van der Waals surface area contributed by atoms with Crippen LogP contribution in [-0.2, 0) is 13.0 Å². The van der Waals surface area contributed by atoms with E-state index in [-0.39, 0.29) is 0 Å². The average molecular weight is 322 g/mol. The molecule has 18 heavy (non-hydrogen) atoms. The molecule has 0 fully saturated rings. The number of nitrogens with one attached hydrogen (secondary N) is 1. The van der Waals surface area contributed by atoms with Gasteiger partial charge in [0.2, 0.25) is 0 Å². The molecule has 94 valence electrons. The largest absolute Gasteiger partial charge is 0.310 e. The second kappa shape index (κ2) is 4.80. The molecule has 1 aliphatic rings. The fraction of sp³-hybridized carbons (Fsp3) is 0.333. The highest BCUT2D eigenvalue weighted by atomic mass is 79.9. The quantitative estimate of drug-likeness (QED) is 0.814. The van der Waals surface area contributed by atoms with E-state index >= 15 is 0 Å². The molecule has 1 aromatic carbocycles. The summed E-state index contributed by atoms with van der Waals surface area (Å²) < 4.78 is 1.19. The lowest BCUT2D eigenvalue weighted by molar-refractivity contribution is 0.520. The Kier molecular flexibility index (Phi) is 3.31. The summed E-state index contributed by atoms with van der Waals surface area (Å²) in [5.74, 6) is 0. The van der Waals surface area contributed by atoms with E-state index in [0.717, 1.165) is 13.0 Å². The SMILES string of the molecule is Cc1ccc(-c2cc3c(s2)CC(C)NC3)cc1Br. The fourth-order valence-corrected chi connectivity index (χ4v) is 4.00. The molecule has 3 heteroatoms. The first-order chi connectivity index (χ1) is 8.63. The van der Waals surface area contributed by atoms with E-state index in [4.69, 9.17) is 0 Å². The zero-order valence-electron chi connectivity index (χ0n) is 10.6. The summed E-state index contributed by atoms with van der Waals surface area (Å²) in [5.41, 5.74) is 4.08. The molecular formula is C15H16BrNS. The molecule has 1 atom stereocenters. The van der Waals surface area contributed by atoms with E-state index in [1.165, 1.54) is 26.0 Å². The molecule has 2 heterocycles. The van der Waals surface area contributed by atoms with Crippen LogP contribution in [0, 0.1) is 6.92 Å². The zero-order valence-corrected chi connectivity index (χ0v) is 13.0. The van der Waals surface area contributed by atoms with Gasteiger partial charge in [-0.2, -0.15) is 0 Å². The lowest BCUT2D eigenvalue weighted by Gasteiger charge is -2.19. The number of rotatable bonds is 1. The highest BCUT2D eigenvalue weighted by Gasteiger charge is 2.18. The van der Waals surface area contributed by atoms with Crippen molar-refractivity contribution in [2.24, 2.45) is 0 Å². The Bertz CT molecular complexity index is 588. The van der Waals surface area contributed by atoms with Crippen LogP contribution in [0.1, 0.15) is 22.9 Å². The van der Waals surface area contributed by atoms with Gasteiger partial charge in [-0.3, -0.25) is 0 Å². The lowest BCUT2D eigenvalue weighted by Crippen LogP contribution is -2.31. The van der Waals surface area contributed by atoms with Gasteiger partial charge >= 0.3 is 0 Å². The van der Waals surface area contributed by atoms with Gasteiger partial charge in [0.15, 0.2) is 0 Å². The molecule has 0 bridgehead atoms. The molecule has 0 aliphatic carbocycles. The molecule has 0 saturated carbocycles. The van der Waals surface area contributed by atoms with E-state index in [2.05, 4.69) is 59.4 Å². The summed E-state index contributed by atoms with van der Waals surface area (Å²) in [6.07, 6.45) is 1.16. The Hall–Kier alpha value is -0.640. The summed E-state index contributed by atoms with van der Waals surface area (Å²) in [7, 11) is 0. The van der Waals surface area contributed by atoms with Crippen LogP contribution < -0.4 is 5.32 Å². The Morgan fingerprint density at radius 3 is 2.94 bits per heavy atom. The second-order valence-corrected chi connectivity index (χ2v) is 7.00. The predicted octanol–water partition coefficient (Wildman–Crippen LogP) is 4.52. The topological polar surface area (TPSA) is 12.0 Å². The van der Waals surface area contributed by atoms with Crippen LogP contribution in [0.25, 0.3) is 10.4 Å². The Morgan fingerprint density at radius 2 is 2.17 bits per heavy atom. The van der Waals surface area contributed by atoms with Gasteiger partial charge in [0.1, 0.15) is 0 Å². The van der Waals surface area contributed by atoms with Crippen molar-refractivity contribution in [3.05, 3.63) is 44.7 Å². The number of hydrogen-bond donors (Lipinski definition) is 1. The summed E-state index contributed by atoms with van der Waals surface area (Å²) >= 11 is 5.56. The minimum absolute atomic E-state index is 0.605. The molecule has 0 saturated heterocycles. The molecular weight excluding hydrogens is 306 g/mol. The van der Waals surface area contributed by atoms with Crippen LogP contribution in [0.4, 0.5) is 0 Å². The van der Waals surface area contributed by atoms with E-state index in [1.807, 2.05) is 11.3 Å². The number of halogens is 1. The molecule has 2 aromatic rings. The number of aryl methyl sites for hydroxylation is 1. The molecule has 1 aliphatic heterocycles. The minimum Gasteiger partial charge on any atom is -0.310 e. The van der Waals surface area contributed by atoms with Gasteiger partial charge in [-0.1, -0.05) is 28.1 Å². The van der Waals surface area contributed by atoms with Gasteiger partial charge in [-0.15, -0.1) is 11.3 Å². The zero-order chi connectivity index (χ0) is 12.7. The van der Waals surface area contributed by atoms with Crippen LogP contribution >= 0.6 is 27.3 Å². The Balaban J connectivity index is 2.00. The fourth-order valence-electron chi connectivity index (χ4n) is 2.31. The number of benzene rings is 1. The lowest BCUT2D eigenvalue weighted by atomic mass is 10.0. The van der Waals surface area contributed by atoms with Crippen molar-refractivity contribution in [2.45, 2.75) is 32.9 Å². The van der Waals surface area contributed by atoms with Gasteiger partial charge in [-0.25, -0.2) is 0 Å². The third-order valence-electron chi connectivity index (χ3n) is 3.49. The van der Waals surface area contributed by atoms with E-state index in [1.54, 1.807) is 4.88 Å². The highest BCUT2D eigenvalue weighted by molar-refractivity contribution is 9.10. The van der Waals surface area contributed by atoms with Crippen molar-refractivity contribution in [1.29, 1.82) is 0 Å². The van der Waals surface area contributed by atoms with E-state index in [0.29, 0.717) is 6.04 Å². The molecule has 0 amide bonds. The van der Waals surface area contributed by atoms with Crippen LogP contribution in [-0.4, -0.2) is 6.04 Å². The maximum absolute atomic E-state index is 3.62. The molecule has 1 aromatic heterocycles. The van der Waals surface area contributed by atoms with Gasteiger partial charge in [0.25, 0.3) is 0 Å². The molecule has 0 radical (unpaired) electrons. The molecule has 1 unspecified atom stereocenters. The normalized spacial score (nSPS) is 18.7. The van der Waals surface area contributed by atoms with Crippen molar-refractivity contribution in [1.82, 2.24) is 5.32 Å². The van der Waals surface area contributed by atoms with Gasteiger partial charge in [0, 0.05) is 26.8 Å². The van der Waals surface area contributed by atoms with E-state index < -0.39 is 0 Å². The number of hydrogen-bond acceptors (Lipinski definition) is 2. The summed E-state index contributed by atoms with van der Waals surface area (Å²) in [5, 5.41) is 3.52. The monoisotopic (exact) mass is 321 g/mol. The molecule has 3 rings (SSSR count). The maximum Gasteiger partial charge on any atom is 0.0349 e. The third-order valence-corrected chi connectivity index (χ3v) is 5.59. The predicted molar refractivity (Wildman–Crippen MR) is 82.2 cm³/mol. The summed E-state index contributed by atoms with van der Waals surface area (Å²) in [4.78, 5) is 2.93. The average Bonchev–Trinajstić information content (AvgIpc) is 2.75. The van der Waals surface area contributed by atoms with Gasteiger partial charge in [0.05, 0.1) is 0 Å². The third kappa shape index (κ3) is 2.27. The van der Waals surface area contributed by atoms with Crippen LogP contribution in [0.5, 0.6) is 0 Å². The molecule has 0 spiro atoms. The summed E-state index contributed by atoms with van der Waals surface area (Å²) in [6, 6.07) is 9.57. The van der Waals surface area contributed by atoms with Crippen molar-refractivity contribution >= 4 is 27.3 Å². The van der Waals surface area contributed by atoms with Gasteiger partial charge in [-0.05, 0) is 49.1 Å². The highest BCUT2D eigenvalue weighted by Crippen LogP contribution is 2.35. The number of fused-ring (bicyclic) bond motifs is 1. The first-order valence-electron chi connectivity index (χ1n) is 6.25. The minimum atomic E-state index is 0.605. The first kappa shape index (κ1) is 12.4. The van der Waals surface area contributed by atoms with Crippen molar-refractivity contribution < 1.29 is 0 Å². The van der Waals surface area contributed by atoms with Crippen molar-refractivity contribution in [3.63, 3.8) is 0 Å². The Labute approximate surface area is 120 Å².